The highest BCUT2D eigenvalue weighted by molar-refractivity contribution is 6.24. The van der Waals surface area contributed by atoms with Gasteiger partial charge in [-0.1, -0.05) is 334 Å². The predicted octanol–water partition coefficient (Wildman–Crippen LogP) is 35.0. The molecule has 0 aliphatic heterocycles. The van der Waals surface area contributed by atoms with E-state index in [1.165, 1.54) is 109 Å². The Morgan fingerprint density at radius 1 is 0.140 bits per heavy atom. The Morgan fingerprint density at radius 3 is 0.753 bits per heavy atom. The summed E-state index contributed by atoms with van der Waals surface area (Å²) in [7, 11) is 0. The van der Waals surface area contributed by atoms with Gasteiger partial charge in [0, 0.05) is 157 Å². The van der Waals surface area contributed by atoms with Crippen LogP contribution in [-0.2, 0) is 0 Å². The van der Waals surface area contributed by atoms with Crippen LogP contribution in [0.15, 0.2) is 519 Å². The molecule has 0 radical (unpaired) electrons. The number of aromatic nitrogens is 12. The van der Waals surface area contributed by atoms with Gasteiger partial charge >= 0.3 is 0 Å². The summed E-state index contributed by atoms with van der Waals surface area (Å²) in [5.74, 6) is 1.93. The first-order valence-corrected chi connectivity index (χ1v) is 50.5. The number of nitrogens with zero attached hydrogens (tertiary/aromatic N) is 12. The van der Waals surface area contributed by atoms with Crippen molar-refractivity contribution in [2.24, 2.45) is 0 Å². The molecule has 700 valence electrons. The van der Waals surface area contributed by atoms with E-state index in [9.17, 15) is 0 Å². The molecule has 0 fully saturated rings. The molecule has 0 amide bonds. The third-order valence-electron chi connectivity index (χ3n) is 30.1. The van der Waals surface area contributed by atoms with Gasteiger partial charge in [-0.05, 0) is 200 Å². The van der Waals surface area contributed by atoms with E-state index in [1.807, 2.05) is 104 Å². The monoisotopic (exact) mass is 1920 g/mol. The molecule has 11 aromatic heterocycles. The number of furan rings is 2. The van der Waals surface area contributed by atoms with Crippen molar-refractivity contribution in [3.63, 3.8) is 0 Å². The maximum atomic E-state index is 6.20. The maximum Gasteiger partial charge on any atom is 0.234 e. The van der Waals surface area contributed by atoms with Gasteiger partial charge in [0.25, 0.3) is 0 Å². The Labute approximate surface area is 857 Å². The van der Waals surface area contributed by atoms with Gasteiger partial charge in [-0.15, -0.1) is 0 Å². The third-order valence-corrected chi connectivity index (χ3v) is 30.1. The number of benzene rings is 21. The second-order valence-electron chi connectivity index (χ2n) is 38.4. The molecule has 0 bridgehead atoms. The number of hydrogen-bond acceptors (Lipinski definition) is 8. The van der Waals surface area contributed by atoms with Crippen LogP contribution < -0.4 is 0 Å². The van der Waals surface area contributed by atoms with E-state index in [2.05, 4.69) is 434 Å². The zero-order chi connectivity index (χ0) is 98.5. The largest absolute Gasteiger partial charge is 0.456 e. The van der Waals surface area contributed by atoms with Crippen LogP contribution in [0.3, 0.4) is 0 Å². The Balaban J connectivity index is 0.000000103. The van der Waals surface area contributed by atoms with Gasteiger partial charge in [0.2, 0.25) is 17.8 Å². The lowest BCUT2D eigenvalue weighted by Gasteiger charge is -2.11. The number of rotatable bonds is 12. The summed E-state index contributed by atoms with van der Waals surface area (Å²) in [6, 6.07) is 167. The lowest BCUT2D eigenvalue weighted by atomic mass is 9.99. The molecule has 21 aromatic carbocycles. The molecule has 0 saturated heterocycles. The summed E-state index contributed by atoms with van der Waals surface area (Å²) in [5.41, 5.74) is 33.5. The van der Waals surface area contributed by atoms with Crippen molar-refractivity contribution in [1.29, 1.82) is 0 Å². The van der Waals surface area contributed by atoms with Crippen molar-refractivity contribution >= 4 is 185 Å². The van der Waals surface area contributed by atoms with E-state index >= 15 is 0 Å². The van der Waals surface area contributed by atoms with Crippen molar-refractivity contribution in [2.75, 3.05) is 0 Å². The molecule has 0 saturated carbocycles. The fourth-order valence-electron chi connectivity index (χ4n) is 23.2. The van der Waals surface area contributed by atoms with Crippen LogP contribution in [0.4, 0.5) is 0 Å². The minimum atomic E-state index is 0.628. The second-order valence-corrected chi connectivity index (χ2v) is 38.4. The van der Waals surface area contributed by atoms with Gasteiger partial charge in [-0.2, -0.15) is 0 Å². The van der Waals surface area contributed by atoms with E-state index in [1.54, 1.807) is 0 Å². The van der Waals surface area contributed by atoms with E-state index in [4.69, 9.17) is 38.7 Å². The average Bonchev–Trinajstić information content (AvgIpc) is 1.56. The zero-order valence-corrected chi connectivity index (χ0v) is 80.7. The molecule has 0 unspecified atom stereocenters. The lowest BCUT2D eigenvalue weighted by Crippen LogP contribution is -2.01. The molecule has 32 rings (SSSR count). The lowest BCUT2D eigenvalue weighted by molar-refractivity contribution is 0.668. The summed E-state index contributed by atoms with van der Waals surface area (Å²) in [5, 5.41) is 21.2. The molecule has 0 N–H and O–H groups in total. The van der Waals surface area contributed by atoms with Crippen molar-refractivity contribution in [3.8, 4) is 102 Å². The minimum Gasteiger partial charge on any atom is -0.456 e. The molecule has 32 aromatic rings. The Hall–Kier alpha value is -20.5. The van der Waals surface area contributed by atoms with Gasteiger partial charge in [0.15, 0.2) is 0 Å². The van der Waals surface area contributed by atoms with Gasteiger partial charge in [0.05, 0.1) is 66.2 Å². The standard InChI is InChI=1S/2C46H28N4O.C44H28N4/c1-2-11-29(12-3-1)31-27-47-46(48-28-31)50-40-18-8-5-14-35(40)38-25-37-34-13-4-7-17-39(34)49(41(37)26-42(38)50)32-23-21-30(22-24-32)33-16-10-20-44-45(33)36-15-6-9-19-43(36)51-44;1-2-11-29(12-3-1)30-21-23-32(24-22-30)49-39-17-7-4-13-34(39)37-25-38-35-14-5-8-18-40(35)50(42(38)26-41(37)49)46-47-27-31(28-48-46)33-16-10-20-44-45(33)36-15-6-9-19-43(36)51-44;1-2-10-29(11-3-1)31-20-22-35(23-21-31)47-40-16-8-6-14-36(40)38-25-39-37-15-7-9-17-41(37)48(43(39)26-42(38)47)44-45-27-34(28-46-44)33-19-18-30-12-4-5-13-32(30)24-33/h2*1-28H;1-28H. The first-order chi connectivity index (χ1) is 74.4. The van der Waals surface area contributed by atoms with Gasteiger partial charge < -0.3 is 22.5 Å². The van der Waals surface area contributed by atoms with Gasteiger partial charge in [0.1, 0.15) is 22.3 Å². The molecule has 11 heterocycles. The highest BCUT2D eigenvalue weighted by Crippen LogP contribution is 2.48. The second kappa shape index (κ2) is 34.7. The molecule has 14 nitrogen and oxygen atoms in total. The molecule has 0 aliphatic rings. The van der Waals surface area contributed by atoms with Crippen LogP contribution in [0.5, 0.6) is 0 Å². The summed E-state index contributed by atoms with van der Waals surface area (Å²) in [6.45, 7) is 0. The first-order valence-electron chi connectivity index (χ1n) is 50.5. The van der Waals surface area contributed by atoms with E-state index in [0.29, 0.717) is 17.8 Å². The fourth-order valence-corrected chi connectivity index (χ4v) is 23.2. The molecule has 150 heavy (non-hydrogen) atoms. The Bertz CT molecular complexity index is 10600. The summed E-state index contributed by atoms with van der Waals surface area (Å²) >= 11 is 0. The maximum absolute atomic E-state index is 6.20. The van der Waals surface area contributed by atoms with Crippen molar-refractivity contribution in [2.45, 2.75) is 0 Å². The van der Waals surface area contributed by atoms with E-state index in [0.717, 1.165) is 161 Å². The summed E-state index contributed by atoms with van der Waals surface area (Å²) in [4.78, 5) is 29.8. The Morgan fingerprint density at radius 2 is 0.393 bits per heavy atom. The zero-order valence-electron chi connectivity index (χ0n) is 80.7. The van der Waals surface area contributed by atoms with Crippen LogP contribution in [0, 0.1) is 0 Å². The SMILES string of the molecule is c1ccc(-c2ccc(-n3c4ccccc4c4cc5c6ccccc6n(-c6ncc(-c7ccc8ccccc8c7)cn6)c5cc43)cc2)cc1.c1ccc(-c2ccc(-n3c4ccccc4c4cc5c6ccccc6n(-c6ncc(-c7cccc8oc9ccccc9c78)cn6)c5cc43)cc2)cc1.c1ccc(-c2cnc(-n3c4ccccc4c4cc5c6ccccc6n(-c6ccc(-c7cccc8oc9ccccc9c78)cc6)c5cc43)nc2)cc1. The molecular formula is C136H84N12O2. The van der Waals surface area contributed by atoms with Gasteiger partial charge in [-0.3, -0.25) is 13.7 Å². The highest BCUT2D eigenvalue weighted by atomic mass is 16.3. The third kappa shape index (κ3) is 13.9. The molecule has 14 heteroatoms. The molecular weight excluding hydrogens is 1830 g/mol. The van der Waals surface area contributed by atoms with Crippen LogP contribution >= 0.6 is 0 Å². The van der Waals surface area contributed by atoms with Crippen LogP contribution in [-0.4, -0.2) is 57.3 Å². The van der Waals surface area contributed by atoms with Crippen molar-refractivity contribution in [3.05, 3.63) is 510 Å². The quantitative estimate of drug-likeness (QED) is 0.118. The summed E-state index contributed by atoms with van der Waals surface area (Å²) in [6.07, 6.45) is 11.6. The number of fused-ring (bicyclic) bond motifs is 25. The topological polar surface area (TPSA) is 133 Å². The Kier molecular flexibility index (Phi) is 19.7. The van der Waals surface area contributed by atoms with Crippen molar-refractivity contribution in [1.82, 2.24) is 57.3 Å². The number of hydrogen-bond donors (Lipinski definition) is 0. The molecule has 0 spiro atoms. The number of para-hydroxylation sites is 8. The van der Waals surface area contributed by atoms with E-state index < -0.39 is 0 Å². The average molecular weight is 1920 g/mol. The highest BCUT2D eigenvalue weighted by Gasteiger charge is 2.27. The fraction of sp³-hybridized carbons (Fsp3) is 0. The smallest absolute Gasteiger partial charge is 0.234 e. The molecule has 0 atom stereocenters. The minimum absolute atomic E-state index is 0.628. The predicted molar refractivity (Wildman–Crippen MR) is 617 cm³/mol. The van der Waals surface area contributed by atoms with E-state index in [-0.39, 0.29) is 0 Å². The summed E-state index contributed by atoms with van der Waals surface area (Å²) < 4.78 is 26.1. The molecule has 0 aliphatic carbocycles. The van der Waals surface area contributed by atoms with Crippen LogP contribution in [0.25, 0.3) is 287 Å². The van der Waals surface area contributed by atoms with Crippen LogP contribution in [0.1, 0.15) is 0 Å². The van der Waals surface area contributed by atoms with Crippen molar-refractivity contribution < 1.29 is 8.83 Å². The van der Waals surface area contributed by atoms with Crippen LogP contribution in [0.2, 0.25) is 0 Å². The first kappa shape index (κ1) is 85.1. The van der Waals surface area contributed by atoms with Gasteiger partial charge in [-0.25, -0.2) is 29.9 Å². The normalized spacial score (nSPS) is 11.9.